The average Bonchev–Trinajstić information content (AvgIpc) is 2.01. The maximum atomic E-state index is 5.83. The topological polar surface area (TPSA) is 35.2 Å². The molecule has 0 spiro atoms. The van der Waals surface area contributed by atoms with Crippen molar-refractivity contribution in [3.05, 3.63) is 23.8 Å². The summed E-state index contributed by atoms with van der Waals surface area (Å²) in [5.41, 5.74) is 7.50. The Morgan fingerprint density at radius 2 is 1.93 bits per heavy atom. The first-order chi connectivity index (χ1) is 6.43. The minimum atomic E-state index is -0.125. The quantitative estimate of drug-likeness (QED) is 0.748. The fourth-order valence-electron chi connectivity index (χ4n) is 1.23. The van der Waals surface area contributed by atoms with E-state index in [-0.39, 0.29) is 5.60 Å². The molecule has 0 radical (unpaired) electrons. The molecule has 78 valence electrons. The molecule has 0 heterocycles. The van der Waals surface area contributed by atoms with E-state index in [0.717, 1.165) is 23.4 Å². The first kappa shape index (κ1) is 10.9. The lowest BCUT2D eigenvalue weighted by Crippen LogP contribution is -2.26. The summed E-state index contributed by atoms with van der Waals surface area (Å²) in [5.74, 6) is 0.856. The molecule has 0 aliphatic heterocycles. The van der Waals surface area contributed by atoms with E-state index in [1.165, 1.54) is 0 Å². The van der Waals surface area contributed by atoms with Crippen LogP contribution < -0.4 is 10.5 Å². The molecule has 14 heavy (non-hydrogen) atoms. The van der Waals surface area contributed by atoms with Crippen LogP contribution in [-0.4, -0.2) is 5.60 Å². The number of nitrogens with two attached hydrogens (primary N) is 1. The second-order valence-corrected chi connectivity index (χ2v) is 4.29. The summed E-state index contributed by atoms with van der Waals surface area (Å²) in [4.78, 5) is 0. The Kier molecular flexibility index (Phi) is 3.04. The highest BCUT2D eigenvalue weighted by Crippen LogP contribution is 2.24. The highest BCUT2D eigenvalue weighted by atomic mass is 16.5. The van der Waals surface area contributed by atoms with E-state index in [2.05, 4.69) is 20.8 Å². The Morgan fingerprint density at radius 3 is 2.43 bits per heavy atom. The number of anilines is 1. The Morgan fingerprint density at radius 1 is 1.29 bits per heavy atom. The summed E-state index contributed by atoms with van der Waals surface area (Å²) in [6.07, 6.45) is 0.973. The third-order valence-corrected chi connectivity index (χ3v) is 2.32. The molecule has 2 heteroatoms. The normalized spacial score (nSPS) is 11.4. The molecule has 2 nitrogen and oxygen atoms in total. The van der Waals surface area contributed by atoms with Crippen LogP contribution in [0.4, 0.5) is 5.69 Å². The molecule has 0 fully saturated rings. The van der Waals surface area contributed by atoms with Gasteiger partial charge >= 0.3 is 0 Å². The van der Waals surface area contributed by atoms with Crippen LogP contribution in [0.25, 0.3) is 0 Å². The first-order valence-corrected chi connectivity index (χ1v) is 4.99. The van der Waals surface area contributed by atoms with Gasteiger partial charge in [-0.25, -0.2) is 0 Å². The monoisotopic (exact) mass is 193 g/mol. The van der Waals surface area contributed by atoms with E-state index in [1.807, 2.05) is 25.1 Å². The van der Waals surface area contributed by atoms with Crippen molar-refractivity contribution in [2.24, 2.45) is 0 Å². The van der Waals surface area contributed by atoms with Crippen molar-refractivity contribution >= 4 is 5.69 Å². The van der Waals surface area contributed by atoms with E-state index in [0.29, 0.717) is 0 Å². The Hall–Kier alpha value is -1.18. The van der Waals surface area contributed by atoms with E-state index >= 15 is 0 Å². The van der Waals surface area contributed by atoms with Gasteiger partial charge in [-0.15, -0.1) is 0 Å². The highest BCUT2D eigenvalue weighted by Gasteiger charge is 2.16. The molecule has 0 saturated carbocycles. The molecular weight excluding hydrogens is 174 g/mol. The molecule has 0 saturated heterocycles. The van der Waals surface area contributed by atoms with Crippen LogP contribution in [0.2, 0.25) is 0 Å². The number of benzene rings is 1. The molecule has 0 unspecified atom stereocenters. The van der Waals surface area contributed by atoms with E-state index in [4.69, 9.17) is 10.5 Å². The van der Waals surface area contributed by atoms with Crippen LogP contribution in [0.5, 0.6) is 5.75 Å². The van der Waals surface area contributed by atoms with Gasteiger partial charge in [0.05, 0.1) is 0 Å². The summed E-state index contributed by atoms with van der Waals surface area (Å²) >= 11 is 0. The lowest BCUT2D eigenvalue weighted by molar-refractivity contribution is 0.105. The molecule has 1 rings (SSSR count). The summed E-state index contributed by atoms with van der Waals surface area (Å²) in [7, 11) is 0. The zero-order chi connectivity index (χ0) is 10.8. The van der Waals surface area contributed by atoms with Gasteiger partial charge in [-0.2, -0.15) is 0 Å². The van der Waals surface area contributed by atoms with E-state index in [1.54, 1.807) is 0 Å². The lowest BCUT2D eigenvalue weighted by atomic mass is 10.1. The van der Waals surface area contributed by atoms with Gasteiger partial charge in [-0.05, 0) is 44.9 Å². The molecular formula is C12H19NO. The van der Waals surface area contributed by atoms with Gasteiger partial charge in [0, 0.05) is 11.8 Å². The number of aryl methyl sites for hydroxylation is 1. The zero-order valence-corrected chi connectivity index (χ0v) is 9.42. The minimum Gasteiger partial charge on any atom is -0.488 e. The van der Waals surface area contributed by atoms with Crippen LogP contribution in [-0.2, 0) is 0 Å². The van der Waals surface area contributed by atoms with Crippen molar-refractivity contribution in [2.75, 3.05) is 5.73 Å². The Labute approximate surface area is 86.1 Å². The molecule has 0 bridgehead atoms. The van der Waals surface area contributed by atoms with Crippen molar-refractivity contribution in [3.8, 4) is 5.75 Å². The van der Waals surface area contributed by atoms with Crippen LogP contribution in [0.3, 0.4) is 0 Å². The van der Waals surface area contributed by atoms with Gasteiger partial charge in [-0.3, -0.25) is 0 Å². The van der Waals surface area contributed by atoms with Gasteiger partial charge in [0.2, 0.25) is 0 Å². The van der Waals surface area contributed by atoms with E-state index in [9.17, 15) is 0 Å². The zero-order valence-electron chi connectivity index (χ0n) is 9.42. The molecule has 0 atom stereocenters. The second kappa shape index (κ2) is 3.91. The Bertz CT molecular complexity index is 298. The fourth-order valence-corrected chi connectivity index (χ4v) is 1.23. The maximum absolute atomic E-state index is 5.83. The molecule has 0 aliphatic rings. The number of nitrogen functional groups attached to an aromatic ring is 1. The van der Waals surface area contributed by atoms with Crippen molar-refractivity contribution in [2.45, 2.75) is 39.7 Å². The van der Waals surface area contributed by atoms with Crippen molar-refractivity contribution in [1.29, 1.82) is 0 Å². The highest BCUT2D eigenvalue weighted by molar-refractivity contribution is 5.47. The summed E-state index contributed by atoms with van der Waals surface area (Å²) in [5, 5.41) is 0. The van der Waals surface area contributed by atoms with Gasteiger partial charge in [-0.1, -0.05) is 6.92 Å². The van der Waals surface area contributed by atoms with Crippen LogP contribution in [0.15, 0.2) is 18.2 Å². The van der Waals surface area contributed by atoms with E-state index < -0.39 is 0 Å². The standard InChI is InChI=1S/C12H19NO/c1-5-12(3,4)14-11-7-9(2)6-10(13)8-11/h6-8H,5,13H2,1-4H3. The van der Waals surface area contributed by atoms with Crippen LogP contribution >= 0.6 is 0 Å². The molecule has 0 amide bonds. The fraction of sp³-hybridized carbons (Fsp3) is 0.500. The molecule has 2 N–H and O–H groups in total. The summed E-state index contributed by atoms with van der Waals surface area (Å²) in [6, 6.07) is 5.81. The number of rotatable bonds is 3. The van der Waals surface area contributed by atoms with Crippen LogP contribution in [0.1, 0.15) is 32.8 Å². The number of hydrogen-bond donors (Lipinski definition) is 1. The smallest absolute Gasteiger partial charge is 0.122 e. The first-order valence-electron chi connectivity index (χ1n) is 4.99. The maximum Gasteiger partial charge on any atom is 0.122 e. The summed E-state index contributed by atoms with van der Waals surface area (Å²) in [6.45, 7) is 8.28. The predicted molar refractivity (Wildman–Crippen MR) is 60.6 cm³/mol. The average molecular weight is 193 g/mol. The number of ether oxygens (including phenoxy) is 1. The predicted octanol–water partition coefficient (Wildman–Crippen LogP) is 3.14. The van der Waals surface area contributed by atoms with Crippen LogP contribution in [0, 0.1) is 6.92 Å². The lowest BCUT2D eigenvalue weighted by Gasteiger charge is -2.25. The summed E-state index contributed by atoms with van der Waals surface area (Å²) < 4.78 is 5.83. The molecule has 1 aromatic carbocycles. The van der Waals surface area contributed by atoms with Gasteiger partial charge < -0.3 is 10.5 Å². The number of hydrogen-bond acceptors (Lipinski definition) is 2. The van der Waals surface area contributed by atoms with Crippen molar-refractivity contribution in [3.63, 3.8) is 0 Å². The largest absolute Gasteiger partial charge is 0.488 e. The van der Waals surface area contributed by atoms with Gasteiger partial charge in [0.15, 0.2) is 0 Å². The van der Waals surface area contributed by atoms with Gasteiger partial charge in [0.25, 0.3) is 0 Å². The third kappa shape index (κ3) is 2.95. The Balaban J connectivity index is 2.87. The molecule has 0 aromatic heterocycles. The minimum absolute atomic E-state index is 0.125. The molecule has 0 aliphatic carbocycles. The second-order valence-electron chi connectivity index (χ2n) is 4.29. The van der Waals surface area contributed by atoms with Gasteiger partial charge in [0.1, 0.15) is 11.4 Å². The van der Waals surface area contributed by atoms with Crippen molar-refractivity contribution < 1.29 is 4.74 Å². The SMILES string of the molecule is CCC(C)(C)Oc1cc(C)cc(N)c1. The van der Waals surface area contributed by atoms with Crippen molar-refractivity contribution in [1.82, 2.24) is 0 Å². The molecule has 1 aromatic rings. The third-order valence-electron chi connectivity index (χ3n) is 2.32.